The second-order valence-electron chi connectivity index (χ2n) is 6.36. The van der Waals surface area contributed by atoms with Crippen molar-refractivity contribution in [1.29, 1.82) is 0 Å². The molecule has 1 amide bonds. The lowest BCUT2D eigenvalue weighted by atomic mass is 10.1. The summed E-state index contributed by atoms with van der Waals surface area (Å²) < 4.78 is 19.1. The fourth-order valence-corrected chi connectivity index (χ4v) is 4.50. The van der Waals surface area contributed by atoms with E-state index in [2.05, 4.69) is 10.4 Å². The molecule has 0 aliphatic carbocycles. The lowest BCUT2D eigenvalue weighted by molar-refractivity contribution is 0.102. The van der Waals surface area contributed by atoms with E-state index < -0.39 is 10.8 Å². The normalized spacial score (nSPS) is 15.4. The van der Waals surface area contributed by atoms with Crippen LogP contribution in [0.15, 0.2) is 48.5 Å². The third-order valence-electron chi connectivity index (χ3n) is 4.60. The van der Waals surface area contributed by atoms with Crippen LogP contribution in [0.2, 0.25) is 0 Å². The van der Waals surface area contributed by atoms with Crippen molar-refractivity contribution in [2.45, 2.75) is 18.4 Å². The molecule has 1 aliphatic heterocycles. The average Bonchev–Trinajstić information content (AvgIpc) is 3.19. The van der Waals surface area contributed by atoms with Crippen molar-refractivity contribution in [3.8, 4) is 11.4 Å². The van der Waals surface area contributed by atoms with Gasteiger partial charge in [-0.15, -0.1) is 0 Å². The summed E-state index contributed by atoms with van der Waals surface area (Å²) in [5, 5.41) is 7.61. The molecule has 1 unspecified atom stereocenters. The van der Waals surface area contributed by atoms with E-state index in [0.717, 1.165) is 22.5 Å². The number of anilines is 1. The molecule has 0 spiro atoms. The quantitative estimate of drug-likeness (QED) is 0.753. The van der Waals surface area contributed by atoms with E-state index in [1.54, 1.807) is 22.9 Å². The van der Waals surface area contributed by atoms with Crippen molar-refractivity contribution in [3.05, 3.63) is 70.9 Å². The summed E-state index contributed by atoms with van der Waals surface area (Å²) in [4.78, 5) is 12.9. The van der Waals surface area contributed by atoms with E-state index in [0.29, 0.717) is 28.6 Å². The number of para-hydroxylation sites is 2. The maximum absolute atomic E-state index is 12.9. The minimum Gasteiger partial charge on any atom is -0.496 e. The highest BCUT2D eigenvalue weighted by Crippen LogP contribution is 2.32. The summed E-state index contributed by atoms with van der Waals surface area (Å²) >= 11 is 0. The van der Waals surface area contributed by atoms with E-state index in [1.165, 1.54) is 7.11 Å². The first-order valence-corrected chi connectivity index (χ1v) is 10.0. The Labute approximate surface area is 159 Å². The molecule has 6 nitrogen and oxygen atoms in total. The summed E-state index contributed by atoms with van der Waals surface area (Å²) in [6.45, 7) is 1.99. The number of methoxy groups -OCH3 is 1. The Bertz CT molecular complexity index is 1060. The number of rotatable bonds is 4. The predicted octanol–water partition coefficient (Wildman–Crippen LogP) is 3.20. The van der Waals surface area contributed by atoms with Gasteiger partial charge in [-0.2, -0.15) is 5.10 Å². The number of carbonyl (C=O) groups excluding carboxylic acids is 1. The van der Waals surface area contributed by atoms with Gasteiger partial charge in [0.1, 0.15) is 11.6 Å². The summed E-state index contributed by atoms with van der Waals surface area (Å²) in [6, 6.07) is 14.9. The third kappa shape index (κ3) is 3.14. The predicted molar refractivity (Wildman–Crippen MR) is 105 cm³/mol. The number of nitrogens with zero attached hydrogens (tertiary/aromatic N) is 2. The van der Waals surface area contributed by atoms with Crippen LogP contribution < -0.4 is 10.1 Å². The van der Waals surface area contributed by atoms with E-state index >= 15 is 0 Å². The first-order chi connectivity index (χ1) is 13.1. The summed E-state index contributed by atoms with van der Waals surface area (Å²) in [5.41, 5.74) is 3.96. The van der Waals surface area contributed by atoms with E-state index in [4.69, 9.17) is 4.74 Å². The van der Waals surface area contributed by atoms with Gasteiger partial charge in [0.25, 0.3) is 5.91 Å². The maximum Gasteiger partial charge on any atom is 0.260 e. The number of hydrogen-bond acceptors (Lipinski definition) is 4. The Morgan fingerprint density at radius 2 is 1.89 bits per heavy atom. The first kappa shape index (κ1) is 17.5. The van der Waals surface area contributed by atoms with Crippen molar-refractivity contribution in [2.75, 3.05) is 12.4 Å². The van der Waals surface area contributed by atoms with Crippen LogP contribution >= 0.6 is 0 Å². The number of hydrogen-bond donors (Lipinski definition) is 1. The van der Waals surface area contributed by atoms with Crippen molar-refractivity contribution < 1.29 is 13.7 Å². The summed E-state index contributed by atoms with van der Waals surface area (Å²) in [5.74, 6) is 1.58. The molecule has 3 aromatic rings. The second-order valence-corrected chi connectivity index (χ2v) is 7.81. The number of aryl methyl sites for hydroxylation is 1. The zero-order valence-corrected chi connectivity index (χ0v) is 15.9. The van der Waals surface area contributed by atoms with E-state index in [-0.39, 0.29) is 5.91 Å². The van der Waals surface area contributed by atoms with Crippen molar-refractivity contribution in [1.82, 2.24) is 9.78 Å². The molecule has 138 valence electrons. The Balaban J connectivity index is 1.79. The summed E-state index contributed by atoms with van der Waals surface area (Å²) in [7, 11) is 0.547. The number of carbonyl (C=O) groups is 1. The Morgan fingerprint density at radius 1 is 1.15 bits per heavy atom. The molecule has 2 heterocycles. The fourth-order valence-electron chi connectivity index (χ4n) is 3.24. The van der Waals surface area contributed by atoms with Gasteiger partial charge in [-0.1, -0.05) is 30.3 Å². The standard InChI is InChI=1S/C20H19N3O3S/c1-13-7-3-5-9-17(13)23-19(15-11-27(25)12-16(15)22-23)21-20(24)14-8-4-6-10-18(14)26-2/h3-10H,11-12H2,1-2H3,(H,21,24). The Hall–Kier alpha value is -2.93. The molecule has 1 aliphatic rings. The lowest BCUT2D eigenvalue weighted by Gasteiger charge is -2.14. The summed E-state index contributed by atoms with van der Waals surface area (Å²) in [6.07, 6.45) is 0. The number of nitrogens with one attached hydrogen (secondary N) is 1. The van der Waals surface area contributed by atoms with Gasteiger partial charge in [0, 0.05) is 16.4 Å². The number of benzene rings is 2. The molecule has 1 aromatic heterocycles. The molecule has 1 atom stereocenters. The number of ether oxygens (including phenoxy) is 1. The highest BCUT2D eigenvalue weighted by molar-refractivity contribution is 7.83. The number of amides is 1. The van der Waals surface area contributed by atoms with Gasteiger partial charge in [-0.3, -0.25) is 9.00 Å². The molecule has 0 fully saturated rings. The molecule has 0 radical (unpaired) electrons. The second kappa shape index (κ2) is 7.00. The fraction of sp³-hybridized carbons (Fsp3) is 0.200. The number of fused-ring (bicyclic) bond motifs is 1. The Morgan fingerprint density at radius 3 is 2.67 bits per heavy atom. The zero-order valence-electron chi connectivity index (χ0n) is 15.1. The van der Waals surface area contributed by atoms with E-state index in [9.17, 15) is 9.00 Å². The van der Waals surface area contributed by atoms with E-state index in [1.807, 2.05) is 37.3 Å². The molecule has 1 N–H and O–H groups in total. The van der Waals surface area contributed by atoms with Crippen LogP contribution in [0, 0.1) is 6.92 Å². The largest absolute Gasteiger partial charge is 0.496 e. The average molecular weight is 381 g/mol. The molecule has 0 saturated carbocycles. The van der Waals surface area contributed by atoms with Crippen LogP contribution in [0.25, 0.3) is 5.69 Å². The molecule has 4 rings (SSSR count). The molecular formula is C20H19N3O3S. The van der Waals surface area contributed by atoms with Crippen LogP contribution in [0.4, 0.5) is 5.82 Å². The topological polar surface area (TPSA) is 73.2 Å². The minimum absolute atomic E-state index is 0.289. The van der Waals surface area contributed by atoms with Gasteiger partial charge < -0.3 is 10.1 Å². The maximum atomic E-state index is 12.9. The van der Waals surface area contributed by atoms with Gasteiger partial charge in [0.15, 0.2) is 0 Å². The smallest absolute Gasteiger partial charge is 0.260 e. The van der Waals surface area contributed by atoms with Crippen LogP contribution in [-0.2, 0) is 22.3 Å². The van der Waals surface area contributed by atoms with Crippen LogP contribution in [-0.4, -0.2) is 27.0 Å². The third-order valence-corrected chi connectivity index (χ3v) is 5.80. The number of aromatic nitrogens is 2. The first-order valence-electron chi connectivity index (χ1n) is 8.54. The minimum atomic E-state index is -0.986. The Kier molecular flexibility index (Phi) is 4.53. The van der Waals surface area contributed by atoms with Crippen molar-refractivity contribution in [2.24, 2.45) is 0 Å². The zero-order chi connectivity index (χ0) is 19.0. The van der Waals surface area contributed by atoms with Gasteiger partial charge in [-0.25, -0.2) is 4.68 Å². The lowest BCUT2D eigenvalue weighted by Crippen LogP contribution is -2.17. The highest BCUT2D eigenvalue weighted by atomic mass is 32.2. The molecular weight excluding hydrogens is 362 g/mol. The van der Waals surface area contributed by atoms with Gasteiger partial charge in [-0.05, 0) is 30.7 Å². The molecule has 7 heteroatoms. The highest BCUT2D eigenvalue weighted by Gasteiger charge is 2.29. The monoisotopic (exact) mass is 381 g/mol. The molecule has 0 bridgehead atoms. The van der Waals surface area contributed by atoms with Gasteiger partial charge in [0.2, 0.25) is 0 Å². The van der Waals surface area contributed by atoms with Crippen LogP contribution in [0.1, 0.15) is 27.2 Å². The van der Waals surface area contributed by atoms with Gasteiger partial charge >= 0.3 is 0 Å². The SMILES string of the molecule is COc1ccccc1C(=O)Nc1c2c(nn1-c1ccccc1C)CS(=O)C2. The molecule has 2 aromatic carbocycles. The van der Waals surface area contributed by atoms with Crippen LogP contribution in [0.5, 0.6) is 5.75 Å². The van der Waals surface area contributed by atoms with Crippen LogP contribution in [0.3, 0.4) is 0 Å². The molecule has 0 saturated heterocycles. The molecule has 27 heavy (non-hydrogen) atoms. The van der Waals surface area contributed by atoms with Crippen molar-refractivity contribution in [3.63, 3.8) is 0 Å². The van der Waals surface area contributed by atoms with Gasteiger partial charge in [0.05, 0.1) is 35.6 Å². The van der Waals surface area contributed by atoms with Crippen molar-refractivity contribution >= 4 is 22.5 Å².